The van der Waals surface area contributed by atoms with Crippen molar-refractivity contribution in [2.75, 3.05) is 7.11 Å². The van der Waals surface area contributed by atoms with E-state index in [2.05, 4.69) is 10.6 Å². The Hall–Kier alpha value is -4.29. The van der Waals surface area contributed by atoms with Crippen LogP contribution in [0.1, 0.15) is 49.1 Å². The number of nitrogens with one attached hydrogen (secondary N) is 2. The van der Waals surface area contributed by atoms with E-state index in [1.807, 2.05) is 56.3 Å². The van der Waals surface area contributed by atoms with Crippen molar-refractivity contribution in [3.05, 3.63) is 129 Å². The Balaban J connectivity index is 1.62. The van der Waals surface area contributed by atoms with Crippen LogP contribution in [0.25, 0.3) is 0 Å². The number of hydrogen-bond donors (Lipinski definition) is 2. The minimum atomic E-state index is -0.833. The van der Waals surface area contributed by atoms with Crippen LogP contribution in [0.5, 0.6) is 11.5 Å². The van der Waals surface area contributed by atoms with Gasteiger partial charge in [0.15, 0.2) is 11.5 Å². The molecule has 0 saturated carbocycles. The Morgan fingerprint density at radius 2 is 1.32 bits per heavy atom. The summed E-state index contributed by atoms with van der Waals surface area (Å²) in [6, 6.07) is 27.3. The molecule has 2 amide bonds. The van der Waals surface area contributed by atoms with Crippen LogP contribution in [0.3, 0.4) is 0 Å². The molecular weight excluding hydrogens is 500 g/mol. The third-order valence-corrected chi connectivity index (χ3v) is 6.56. The van der Waals surface area contributed by atoms with Crippen LogP contribution in [-0.2, 0) is 6.61 Å². The molecule has 0 bridgehead atoms. The van der Waals surface area contributed by atoms with Gasteiger partial charge >= 0.3 is 0 Å². The molecule has 4 rings (SSSR count). The fourth-order valence-corrected chi connectivity index (χ4v) is 4.22. The van der Waals surface area contributed by atoms with Gasteiger partial charge in [0.1, 0.15) is 12.8 Å². The molecule has 6 nitrogen and oxygen atoms in total. The van der Waals surface area contributed by atoms with Crippen LogP contribution in [0.4, 0.5) is 0 Å². The van der Waals surface area contributed by atoms with Crippen LogP contribution >= 0.6 is 11.6 Å². The highest BCUT2D eigenvalue weighted by Gasteiger charge is 2.22. The molecule has 0 spiro atoms. The maximum Gasteiger partial charge on any atom is 0.253 e. The van der Waals surface area contributed by atoms with Crippen molar-refractivity contribution in [1.82, 2.24) is 10.6 Å². The van der Waals surface area contributed by atoms with Crippen LogP contribution in [0, 0.1) is 13.8 Å². The summed E-state index contributed by atoms with van der Waals surface area (Å²) in [6.07, 6.45) is -0.833. The molecule has 0 saturated heterocycles. The highest BCUT2D eigenvalue weighted by Crippen LogP contribution is 2.31. The quantitative estimate of drug-likeness (QED) is 0.246. The molecule has 2 N–H and O–H groups in total. The minimum absolute atomic E-state index is 0.257. The van der Waals surface area contributed by atoms with Crippen molar-refractivity contribution < 1.29 is 19.1 Å². The third-order valence-electron chi connectivity index (χ3n) is 6.19. The molecule has 0 fully saturated rings. The van der Waals surface area contributed by atoms with Crippen LogP contribution in [-0.4, -0.2) is 18.9 Å². The van der Waals surface area contributed by atoms with E-state index in [1.54, 1.807) is 48.5 Å². The van der Waals surface area contributed by atoms with E-state index >= 15 is 0 Å². The molecule has 0 aromatic heterocycles. The Bertz CT molecular complexity index is 1390. The zero-order valence-electron chi connectivity index (χ0n) is 21.5. The van der Waals surface area contributed by atoms with Crippen molar-refractivity contribution in [3.63, 3.8) is 0 Å². The van der Waals surface area contributed by atoms with E-state index in [-0.39, 0.29) is 18.4 Å². The molecule has 0 aliphatic carbocycles. The van der Waals surface area contributed by atoms with Gasteiger partial charge in [-0.1, -0.05) is 72.3 Å². The highest BCUT2D eigenvalue weighted by molar-refractivity contribution is 6.31. The molecule has 0 aliphatic rings. The summed E-state index contributed by atoms with van der Waals surface area (Å²) in [7, 11) is 1.54. The number of amides is 2. The Morgan fingerprint density at radius 3 is 1.87 bits per heavy atom. The maximum absolute atomic E-state index is 13.2. The number of carbonyl (C=O) groups is 2. The Kier molecular flexibility index (Phi) is 8.66. The number of benzene rings is 4. The van der Waals surface area contributed by atoms with Crippen LogP contribution in [0.15, 0.2) is 91.0 Å². The summed E-state index contributed by atoms with van der Waals surface area (Å²) >= 11 is 6.26. The van der Waals surface area contributed by atoms with Gasteiger partial charge in [0.25, 0.3) is 11.8 Å². The average Bonchev–Trinajstić information content (AvgIpc) is 2.92. The lowest BCUT2D eigenvalue weighted by Gasteiger charge is -2.23. The lowest BCUT2D eigenvalue weighted by molar-refractivity contribution is 0.0882. The zero-order valence-corrected chi connectivity index (χ0v) is 22.2. The molecule has 0 heterocycles. The summed E-state index contributed by atoms with van der Waals surface area (Å²) in [6.45, 7) is 3.99. The molecule has 0 atom stereocenters. The van der Waals surface area contributed by atoms with Gasteiger partial charge in [0.2, 0.25) is 0 Å². The predicted molar refractivity (Wildman–Crippen MR) is 149 cm³/mol. The number of carbonyl (C=O) groups excluding carboxylic acids is 2. The van der Waals surface area contributed by atoms with Gasteiger partial charge in [0.05, 0.1) is 7.11 Å². The summed E-state index contributed by atoms with van der Waals surface area (Å²) in [5, 5.41) is 6.54. The molecular formula is C31H29ClN2O4. The third kappa shape index (κ3) is 6.33. The fraction of sp³-hybridized carbons (Fsp3) is 0.161. The first kappa shape index (κ1) is 26.8. The topological polar surface area (TPSA) is 76.7 Å². The van der Waals surface area contributed by atoms with Crippen molar-refractivity contribution >= 4 is 23.4 Å². The minimum Gasteiger partial charge on any atom is -0.493 e. The second kappa shape index (κ2) is 12.3. The zero-order chi connectivity index (χ0) is 27.1. The van der Waals surface area contributed by atoms with Gasteiger partial charge in [-0.2, -0.15) is 0 Å². The van der Waals surface area contributed by atoms with E-state index in [1.165, 1.54) is 7.11 Å². The van der Waals surface area contributed by atoms with E-state index in [4.69, 9.17) is 21.1 Å². The summed E-state index contributed by atoms with van der Waals surface area (Å²) in [4.78, 5) is 26.4. The molecule has 0 unspecified atom stereocenters. The molecule has 4 aromatic rings. The number of rotatable bonds is 9. The monoisotopic (exact) mass is 528 g/mol. The lowest BCUT2D eigenvalue weighted by atomic mass is 10.1. The number of halogens is 1. The van der Waals surface area contributed by atoms with Crippen molar-refractivity contribution in [2.24, 2.45) is 0 Å². The molecule has 0 aliphatic heterocycles. The van der Waals surface area contributed by atoms with E-state index in [0.717, 1.165) is 16.7 Å². The van der Waals surface area contributed by atoms with Gasteiger partial charge in [-0.3, -0.25) is 9.59 Å². The Labute approximate surface area is 227 Å². The number of methoxy groups -OCH3 is 1. The van der Waals surface area contributed by atoms with Gasteiger partial charge in [-0.15, -0.1) is 0 Å². The summed E-state index contributed by atoms with van der Waals surface area (Å²) < 4.78 is 11.6. The molecule has 7 heteroatoms. The largest absolute Gasteiger partial charge is 0.493 e. The standard InChI is InChI=1S/C31H29ClN2O4/c1-20-10-4-7-13-24(20)30(35)33-29(34-31(36)25-14-8-5-11-21(25)2)22-16-17-27(28(18-22)37-3)38-19-23-12-6-9-15-26(23)32/h4-18,29H,19H2,1-3H3,(H,33,35)(H,34,36). The lowest BCUT2D eigenvalue weighted by Crippen LogP contribution is -2.41. The van der Waals surface area contributed by atoms with E-state index < -0.39 is 6.17 Å². The van der Waals surface area contributed by atoms with Gasteiger partial charge in [-0.25, -0.2) is 0 Å². The molecule has 194 valence electrons. The smallest absolute Gasteiger partial charge is 0.253 e. The maximum atomic E-state index is 13.2. The first-order valence-corrected chi connectivity index (χ1v) is 12.5. The number of ether oxygens (including phenoxy) is 2. The van der Waals surface area contributed by atoms with Crippen molar-refractivity contribution in [3.8, 4) is 11.5 Å². The fourth-order valence-electron chi connectivity index (χ4n) is 4.03. The Morgan fingerprint density at radius 1 is 0.763 bits per heavy atom. The second-order valence-electron chi connectivity index (χ2n) is 8.80. The van der Waals surface area contributed by atoms with Crippen LogP contribution < -0.4 is 20.1 Å². The SMILES string of the molecule is COc1cc(C(NC(=O)c2ccccc2C)NC(=O)c2ccccc2C)ccc1OCc1ccccc1Cl. The number of aryl methyl sites for hydroxylation is 2. The molecule has 0 radical (unpaired) electrons. The molecule has 38 heavy (non-hydrogen) atoms. The van der Waals surface area contributed by atoms with Gasteiger partial charge in [-0.05, 0) is 60.9 Å². The summed E-state index contributed by atoms with van der Waals surface area (Å²) in [5.74, 6) is 0.340. The van der Waals surface area contributed by atoms with Crippen molar-refractivity contribution in [2.45, 2.75) is 26.6 Å². The van der Waals surface area contributed by atoms with E-state index in [9.17, 15) is 9.59 Å². The summed E-state index contributed by atoms with van der Waals surface area (Å²) in [5.41, 5.74) is 4.17. The molecule has 4 aromatic carbocycles. The van der Waals surface area contributed by atoms with Gasteiger partial charge < -0.3 is 20.1 Å². The first-order chi connectivity index (χ1) is 18.4. The van der Waals surface area contributed by atoms with Crippen molar-refractivity contribution in [1.29, 1.82) is 0 Å². The first-order valence-electron chi connectivity index (χ1n) is 12.1. The second-order valence-corrected chi connectivity index (χ2v) is 9.21. The predicted octanol–water partition coefficient (Wildman–Crippen LogP) is 6.40. The number of hydrogen-bond acceptors (Lipinski definition) is 4. The van der Waals surface area contributed by atoms with Crippen LogP contribution in [0.2, 0.25) is 5.02 Å². The van der Waals surface area contributed by atoms with Gasteiger partial charge in [0, 0.05) is 21.7 Å². The van der Waals surface area contributed by atoms with E-state index in [0.29, 0.717) is 33.2 Å². The average molecular weight is 529 g/mol. The normalized spacial score (nSPS) is 10.7. The highest BCUT2D eigenvalue weighted by atomic mass is 35.5.